The molecule has 0 saturated carbocycles. The van der Waals surface area contributed by atoms with Crippen molar-refractivity contribution < 1.29 is 5.11 Å². The van der Waals surface area contributed by atoms with Gasteiger partial charge < -0.3 is 5.11 Å². The summed E-state index contributed by atoms with van der Waals surface area (Å²) < 4.78 is 1.71. The fourth-order valence-electron chi connectivity index (χ4n) is 1.74. The molecule has 1 unspecified atom stereocenters. The highest BCUT2D eigenvalue weighted by Gasteiger charge is 2.19. The molecule has 2 heterocycles. The van der Waals surface area contributed by atoms with E-state index >= 15 is 0 Å². The average molecular weight is 286 g/mol. The summed E-state index contributed by atoms with van der Waals surface area (Å²) in [6, 6.07) is 3.36. The Labute approximate surface area is 115 Å². The summed E-state index contributed by atoms with van der Waals surface area (Å²) in [6.45, 7) is 2.75. The Morgan fingerprint density at radius 3 is 2.72 bits per heavy atom. The number of aryl methyl sites for hydroxylation is 1. The van der Waals surface area contributed by atoms with Crippen molar-refractivity contribution in [1.29, 1.82) is 0 Å². The number of aliphatic hydroxyl groups excluding tert-OH is 1. The molecule has 2 aromatic rings. The van der Waals surface area contributed by atoms with Crippen LogP contribution in [-0.2, 0) is 6.54 Å². The second-order valence-corrected chi connectivity index (χ2v) is 4.71. The lowest BCUT2D eigenvalue weighted by atomic mass is 10.1. The molecule has 2 aromatic heterocycles. The van der Waals surface area contributed by atoms with Gasteiger partial charge in [-0.05, 0) is 12.5 Å². The molecule has 0 radical (unpaired) electrons. The van der Waals surface area contributed by atoms with Gasteiger partial charge in [0.2, 0.25) is 0 Å². The van der Waals surface area contributed by atoms with Crippen LogP contribution in [0.2, 0.25) is 10.2 Å². The second kappa shape index (κ2) is 5.69. The lowest BCUT2D eigenvalue weighted by molar-refractivity contribution is 0.207. The largest absolute Gasteiger partial charge is 0.382 e. The van der Waals surface area contributed by atoms with E-state index in [2.05, 4.69) is 10.1 Å². The monoisotopic (exact) mass is 285 g/mol. The number of nitrogens with zero attached hydrogens (tertiary/aromatic N) is 3. The molecule has 0 spiro atoms. The van der Waals surface area contributed by atoms with E-state index in [1.165, 1.54) is 6.20 Å². The van der Waals surface area contributed by atoms with Crippen LogP contribution in [0.4, 0.5) is 0 Å². The SMILES string of the molecule is CCCn1ncc(Cl)c1C(O)c1ccc(Cl)nc1. The number of rotatable bonds is 4. The van der Waals surface area contributed by atoms with E-state index < -0.39 is 6.10 Å². The quantitative estimate of drug-likeness (QED) is 0.879. The summed E-state index contributed by atoms with van der Waals surface area (Å²) in [5, 5.41) is 15.3. The Hall–Kier alpha value is -1.10. The van der Waals surface area contributed by atoms with Crippen molar-refractivity contribution in [2.24, 2.45) is 0 Å². The van der Waals surface area contributed by atoms with Gasteiger partial charge in [-0.15, -0.1) is 0 Å². The van der Waals surface area contributed by atoms with Gasteiger partial charge in [-0.1, -0.05) is 36.2 Å². The zero-order valence-electron chi connectivity index (χ0n) is 9.85. The third-order valence-electron chi connectivity index (χ3n) is 2.59. The van der Waals surface area contributed by atoms with E-state index in [1.807, 2.05) is 6.92 Å². The van der Waals surface area contributed by atoms with Crippen molar-refractivity contribution in [3.8, 4) is 0 Å². The first kappa shape index (κ1) is 13.3. The van der Waals surface area contributed by atoms with E-state index in [0.29, 0.717) is 28.0 Å². The minimum atomic E-state index is -0.851. The molecule has 96 valence electrons. The number of hydrogen-bond donors (Lipinski definition) is 1. The maximum atomic E-state index is 10.3. The molecule has 0 saturated heterocycles. The van der Waals surface area contributed by atoms with Gasteiger partial charge in [-0.2, -0.15) is 5.10 Å². The molecule has 1 atom stereocenters. The Bertz CT molecular complexity index is 525. The summed E-state index contributed by atoms with van der Waals surface area (Å²) in [4.78, 5) is 3.95. The minimum Gasteiger partial charge on any atom is -0.382 e. The first-order valence-corrected chi connectivity index (χ1v) is 6.39. The fraction of sp³-hybridized carbons (Fsp3) is 0.333. The van der Waals surface area contributed by atoms with E-state index in [0.717, 1.165) is 6.42 Å². The summed E-state index contributed by atoms with van der Waals surface area (Å²) in [7, 11) is 0. The van der Waals surface area contributed by atoms with Crippen molar-refractivity contribution in [3.05, 3.63) is 46.0 Å². The minimum absolute atomic E-state index is 0.388. The van der Waals surface area contributed by atoms with Gasteiger partial charge >= 0.3 is 0 Å². The number of halogens is 2. The fourth-order valence-corrected chi connectivity index (χ4v) is 2.10. The van der Waals surface area contributed by atoms with Crippen molar-refractivity contribution in [2.75, 3.05) is 0 Å². The maximum Gasteiger partial charge on any atom is 0.129 e. The molecule has 6 heteroatoms. The molecule has 0 aromatic carbocycles. The zero-order chi connectivity index (χ0) is 13.1. The van der Waals surface area contributed by atoms with Crippen LogP contribution in [-0.4, -0.2) is 19.9 Å². The molecule has 0 aliphatic heterocycles. The second-order valence-electron chi connectivity index (χ2n) is 3.92. The van der Waals surface area contributed by atoms with Gasteiger partial charge in [-0.25, -0.2) is 4.98 Å². The van der Waals surface area contributed by atoms with Crippen molar-refractivity contribution in [2.45, 2.75) is 26.0 Å². The summed E-state index contributed by atoms with van der Waals surface area (Å²) in [5.41, 5.74) is 1.22. The Morgan fingerprint density at radius 2 is 2.11 bits per heavy atom. The van der Waals surface area contributed by atoms with Gasteiger partial charge in [0.1, 0.15) is 11.3 Å². The first-order chi connectivity index (χ1) is 8.63. The van der Waals surface area contributed by atoms with Crippen LogP contribution in [0.5, 0.6) is 0 Å². The van der Waals surface area contributed by atoms with Gasteiger partial charge in [0.25, 0.3) is 0 Å². The molecule has 0 aliphatic rings. The summed E-state index contributed by atoms with van der Waals surface area (Å²) in [5.74, 6) is 0. The molecule has 0 fully saturated rings. The molecular formula is C12H13Cl2N3O. The topological polar surface area (TPSA) is 50.9 Å². The van der Waals surface area contributed by atoms with Crippen LogP contribution in [0.25, 0.3) is 0 Å². The van der Waals surface area contributed by atoms with Gasteiger partial charge in [-0.3, -0.25) is 4.68 Å². The smallest absolute Gasteiger partial charge is 0.129 e. The van der Waals surface area contributed by atoms with Crippen LogP contribution < -0.4 is 0 Å². The number of hydrogen-bond acceptors (Lipinski definition) is 3. The van der Waals surface area contributed by atoms with Gasteiger partial charge in [0.05, 0.1) is 16.9 Å². The van der Waals surface area contributed by atoms with Gasteiger partial charge in [0.15, 0.2) is 0 Å². The van der Waals surface area contributed by atoms with E-state index in [1.54, 1.807) is 23.0 Å². The van der Waals surface area contributed by atoms with Crippen molar-refractivity contribution in [1.82, 2.24) is 14.8 Å². The van der Waals surface area contributed by atoms with E-state index in [-0.39, 0.29) is 0 Å². The predicted octanol–water partition coefficient (Wildman–Crippen LogP) is 3.08. The highest BCUT2D eigenvalue weighted by Crippen LogP contribution is 2.28. The number of aromatic nitrogens is 3. The molecular weight excluding hydrogens is 273 g/mol. The van der Waals surface area contributed by atoms with Crippen LogP contribution in [0.1, 0.15) is 30.7 Å². The molecule has 0 aliphatic carbocycles. The lowest BCUT2D eigenvalue weighted by Crippen LogP contribution is -2.10. The van der Waals surface area contributed by atoms with Crippen molar-refractivity contribution in [3.63, 3.8) is 0 Å². The zero-order valence-corrected chi connectivity index (χ0v) is 11.4. The third kappa shape index (κ3) is 2.66. The first-order valence-electron chi connectivity index (χ1n) is 5.64. The Balaban J connectivity index is 2.35. The lowest BCUT2D eigenvalue weighted by Gasteiger charge is -2.13. The van der Waals surface area contributed by atoms with E-state index in [4.69, 9.17) is 23.2 Å². The summed E-state index contributed by atoms with van der Waals surface area (Å²) in [6.07, 6.45) is 3.14. The van der Waals surface area contributed by atoms with Crippen LogP contribution in [0.3, 0.4) is 0 Å². The van der Waals surface area contributed by atoms with Crippen LogP contribution >= 0.6 is 23.2 Å². The third-order valence-corrected chi connectivity index (χ3v) is 3.11. The summed E-state index contributed by atoms with van der Waals surface area (Å²) >= 11 is 11.8. The van der Waals surface area contributed by atoms with Gasteiger partial charge in [0, 0.05) is 18.3 Å². The normalized spacial score (nSPS) is 12.7. The molecule has 1 N–H and O–H groups in total. The molecule has 0 amide bonds. The highest BCUT2D eigenvalue weighted by molar-refractivity contribution is 6.31. The number of pyridine rings is 1. The van der Waals surface area contributed by atoms with Crippen LogP contribution in [0.15, 0.2) is 24.5 Å². The number of aliphatic hydroxyl groups is 1. The predicted molar refractivity (Wildman–Crippen MR) is 70.8 cm³/mol. The average Bonchev–Trinajstić information content (AvgIpc) is 2.71. The van der Waals surface area contributed by atoms with E-state index in [9.17, 15) is 5.11 Å². The Kier molecular flexibility index (Phi) is 4.22. The standard InChI is InChI=1S/C12H13Cl2N3O/c1-2-5-17-11(9(13)7-16-17)12(18)8-3-4-10(14)15-6-8/h3-4,6-7,12,18H,2,5H2,1H3. The molecule has 2 rings (SSSR count). The van der Waals surface area contributed by atoms with Crippen LogP contribution in [0, 0.1) is 0 Å². The molecule has 0 bridgehead atoms. The molecule has 4 nitrogen and oxygen atoms in total. The highest BCUT2D eigenvalue weighted by atomic mass is 35.5. The van der Waals surface area contributed by atoms with Crippen molar-refractivity contribution >= 4 is 23.2 Å². The maximum absolute atomic E-state index is 10.3. The Morgan fingerprint density at radius 1 is 1.33 bits per heavy atom. The molecule has 18 heavy (non-hydrogen) atoms.